The standard InChI is InChI=1S/C16H31N/c1-13(2)16-11-8-10-15(5)9-6-7-12-17(16)14(3)4/h14-15H,6-12H2,1-5H3. The Morgan fingerprint density at radius 1 is 1.12 bits per heavy atom. The molecule has 0 saturated carbocycles. The van der Waals surface area contributed by atoms with Crippen molar-refractivity contribution >= 4 is 0 Å². The summed E-state index contributed by atoms with van der Waals surface area (Å²) in [7, 11) is 0. The Labute approximate surface area is 108 Å². The van der Waals surface area contributed by atoms with Crippen molar-refractivity contribution in [3.05, 3.63) is 11.3 Å². The molecule has 1 heterocycles. The molecule has 1 aliphatic heterocycles. The molecule has 0 aromatic carbocycles. The van der Waals surface area contributed by atoms with Crippen molar-refractivity contribution in [2.75, 3.05) is 6.54 Å². The lowest BCUT2D eigenvalue weighted by Crippen LogP contribution is -2.32. The molecule has 0 spiro atoms. The van der Waals surface area contributed by atoms with Crippen LogP contribution in [0.4, 0.5) is 0 Å². The Bertz CT molecular complexity index is 248. The first-order chi connectivity index (χ1) is 8.02. The van der Waals surface area contributed by atoms with E-state index < -0.39 is 0 Å². The molecule has 17 heavy (non-hydrogen) atoms. The van der Waals surface area contributed by atoms with Crippen molar-refractivity contribution in [3.8, 4) is 0 Å². The maximum absolute atomic E-state index is 2.64. The van der Waals surface area contributed by atoms with E-state index >= 15 is 0 Å². The van der Waals surface area contributed by atoms with E-state index in [2.05, 4.69) is 39.5 Å². The molecule has 0 aliphatic carbocycles. The summed E-state index contributed by atoms with van der Waals surface area (Å²) in [6, 6.07) is 0.650. The molecule has 1 rings (SSSR count). The average Bonchev–Trinajstić information content (AvgIpc) is 2.25. The Morgan fingerprint density at radius 2 is 1.76 bits per heavy atom. The predicted molar refractivity (Wildman–Crippen MR) is 77.1 cm³/mol. The van der Waals surface area contributed by atoms with Gasteiger partial charge in [0.2, 0.25) is 0 Å². The van der Waals surface area contributed by atoms with E-state index in [1.165, 1.54) is 50.6 Å². The van der Waals surface area contributed by atoms with Gasteiger partial charge in [-0.2, -0.15) is 0 Å². The number of nitrogens with zero attached hydrogens (tertiary/aromatic N) is 1. The van der Waals surface area contributed by atoms with Gasteiger partial charge in [0.25, 0.3) is 0 Å². The summed E-state index contributed by atoms with van der Waals surface area (Å²) in [5.74, 6) is 0.930. The fourth-order valence-electron chi connectivity index (χ4n) is 2.92. The highest BCUT2D eigenvalue weighted by atomic mass is 15.2. The Kier molecular flexibility index (Phi) is 6.08. The molecule has 0 aromatic rings. The van der Waals surface area contributed by atoms with Crippen LogP contribution in [0.2, 0.25) is 0 Å². The minimum absolute atomic E-state index is 0.650. The highest BCUT2D eigenvalue weighted by molar-refractivity contribution is 5.10. The molecule has 1 heteroatoms. The molecular weight excluding hydrogens is 206 g/mol. The predicted octanol–water partition coefficient (Wildman–Crippen LogP) is 4.98. The van der Waals surface area contributed by atoms with Crippen molar-refractivity contribution in [2.45, 2.75) is 79.2 Å². The third-order valence-electron chi connectivity index (χ3n) is 4.00. The summed E-state index contributed by atoms with van der Waals surface area (Å²) >= 11 is 0. The van der Waals surface area contributed by atoms with Crippen molar-refractivity contribution in [1.82, 2.24) is 4.90 Å². The number of allylic oxidation sites excluding steroid dienone is 2. The summed E-state index contributed by atoms with van der Waals surface area (Å²) in [4.78, 5) is 2.64. The Balaban J connectivity index is 2.75. The maximum Gasteiger partial charge on any atom is 0.0230 e. The summed E-state index contributed by atoms with van der Waals surface area (Å²) < 4.78 is 0. The zero-order valence-electron chi connectivity index (χ0n) is 12.6. The van der Waals surface area contributed by atoms with Crippen LogP contribution in [-0.4, -0.2) is 17.5 Å². The van der Waals surface area contributed by atoms with E-state index in [4.69, 9.17) is 0 Å². The monoisotopic (exact) mass is 237 g/mol. The third-order valence-corrected chi connectivity index (χ3v) is 4.00. The topological polar surface area (TPSA) is 3.24 Å². The van der Waals surface area contributed by atoms with E-state index in [0.717, 1.165) is 5.92 Å². The smallest absolute Gasteiger partial charge is 0.0230 e. The van der Waals surface area contributed by atoms with E-state index in [0.29, 0.717) is 6.04 Å². The molecule has 1 nitrogen and oxygen atoms in total. The van der Waals surface area contributed by atoms with Crippen LogP contribution in [0.1, 0.15) is 73.1 Å². The molecule has 0 bridgehead atoms. The van der Waals surface area contributed by atoms with E-state index in [-0.39, 0.29) is 0 Å². The lowest BCUT2D eigenvalue weighted by atomic mass is 9.94. The van der Waals surface area contributed by atoms with Crippen LogP contribution in [0.5, 0.6) is 0 Å². The second-order valence-corrected chi connectivity index (χ2v) is 6.23. The molecule has 1 saturated heterocycles. The molecule has 1 aliphatic rings. The normalized spacial score (nSPS) is 24.0. The van der Waals surface area contributed by atoms with Gasteiger partial charge >= 0.3 is 0 Å². The van der Waals surface area contributed by atoms with Gasteiger partial charge in [0, 0.05) is 18.3 Å². The molecular formula is C16H31N. The van der Waals surface area contributed by atoms with Gasteiger partial charge in [-0.25, -0.2) is 0 Å². The van der Waals surface area contributed by atoms with Crippen LogP contribution in [0.3, 0.4) is 0 Å². The van der Waals surface area contributed by atoms with Gasteiger partial charge in [-0.3, -0.25) is 0 Å². The zero-order valence-corrected chi connectivity index (χ0v) is 12.6. The Morgan fingerprint density at radius 3 is 2.35 bits per heavy atom. The van der Waals surface area contributed by atoms with Gasteiger partial charge in [0.1, 0.15) is 0 Å². The van der Waals surface area contributed by atoms with Gasteiger partial charge in [0.05, 0.1) is 0 Å². The number of hydrogen-bond acceptors (Lipinski definition) is 1. The first kappa shape index (κ1) is 14.6. The van der Waals surface area contributed by atoms with Gasteiger partial charge in [-0.1, -0.05) is 31.8 Å². The van der Waals surface area contributed by atoms with Crippen molar-refractivity contribution in [2.24, 2.45) is 5.92 Å². The van der Waals surface area contributed by atoms with Gasteiger partial charge in [-0.15, -0.1) is 0 Å². The van der Waals surface area contributed by atoms with Crippen LogP contribution in [0.25, 0.3) is 0 Å². The van der Waals surface area contributed by atoms with Crippen LogP contribution >= 0.6 is 0 Å². The quantitative estimate of drug-likeness (QED) is 0.621. The summed E-state index contributed by atoms with van der Waals surface area (Å²) in [6.45, 7) is 12.9. The second-order valence-electron chi connectivity index (χ2n) is 6.23. The summed E-state index contributed by atoms with van der Waals surface area (Å²) in [5, 5.41) is 0. The van der Waals surface area contributed by atoms with Crippen LogP contribution in [-0.2, 0) is 0 Å². The zero-order chi connectivity index (χ0) is 12.8. The average molecular weight is 237 g/mol. The van der Waals surface area contributed by atoms with E-state index in [1.807, 2.05) is 0 Å². The van der Waals surface area contributed by atoms with Crippen molar-refractivity contribution in [1.29, 1.82) is 0 Å². The van der Waals surface area contributed by atoms with E-state index in [1.54, 1.807) is 5.70 Å². The first-order valence-corrected chi connectivity index (χ1v) is 7.45. The first-order valence-electron chi connectivity index (χ1n) is 7.45. The van der Waals surface area contributed by atoms with Crippen LogP contribution < -0.4 is 0 Å². The molecule has 1 fully saturated rings. The molecule has 1 unspecified atom stereocenters. The number of hydrogen-bond donors (Lipinski definition) is 0. The van der Waals surface area contributed by atoms with Crippen LogP contribution in [0, 0.1) is 5.92 Å². The molecule has 0 amide bonds. The molecule has 100 valence electrons. The largest absolute Gasteiger partial charge is 0.372 e. The molecule has 0 radical (unpaired) electrons. The van der Waals surface area contributed by atoms with Crippen molar-refractivity contribution in [3.63, 3.8) is 0 Å². The maximum atomic E-state index is 2.64. The van der Waals surface area contributed by atoms with Gasteiger partial charge < -0.3 is 4.90 Å². The van der Waals surface area contributed by atoms with Gasteiger partial charge in [-0.05, 0) is 52.9 Å². The minimum Gasteiger partial charge on any atom is -0.372 e. The van der Waals surface area contributed by atoms with Crippen LogP contribution in [0.15, 0.2) is 11.3 Å². The summed E-state index contributed by atoms with van der Waals surface area (Å²) in [6.07, 6.45) is 8.24. The second kappa shape index (κ2) is 7.08. The highest BCUT2D eigenvalue weighted by Crippen LogP contribution is 2.25. The summed E-state index contributed by atoms with van der Waals surface area (Å²) in [5.41, 5.74) is 3.14. The fraction of sp³-hybridized carbons (Fsp3) is 0.875. The molecule has 0 N–H and O–H groups in total. The lowest BCUT2D eigenvalue weighted by Gasteiger charge is -2.34. The highest BCUT2D eigenvalue weighted by Gasteiger charge is 2.16. The number of rotatable bonds is 1. The molecule has 0 aromatic heterocycles. The molecule has 1 atom stereocenters. The minimum atomic E-state index is 0.650. The lowest BCUT2D eigenvalue weighted by molar-refractivity contribution is 0.251. The van der Waals surface area contributed by atoms with E-state index in [9.17, 15) is 0 Å². The Hall–Kier alpha value is -0.460. The third kappa shape index (κ3) is 4.73. The fourth-order valence-corrected chi connectivity index (χ4v) is 2.92. The van der Waals surface area contributed by atoms with Crippen molar-refractivity contribution < 1.29 is 0 Å². The van der Waals surface area contributed by atoms with Gasteiger partial charge in [0.15, 0.2) is 0 Å². The SMILES string of the molecule is CC(C)=C1CCCC(C)CCCCN1C(C)C.